The molecular formula is C21H23N3OS. The van der Waals surface area contributed by atoms with Crippen molar-refractivity contribution in [3.05, 3.63) is 64.7 Å². The van der Waals surface area contributed by atoms with Gasteiger partial charge in [-0.2, -0.15) is 0 Å². The molecule has 4 nitrogen and oxygen atoms in total. The molecule has 0 saturated heterocycles. The first-order valence-electron chi connectivity index (χ1n) is 8.51. The molecule has 0 unspecified atom stereocenters. The van der Waals surface area contributed by atoms with Crippen LogP contribution in [0.1, 0.15) is 16.8 Å². The number of nitrogens with one attached hydrogen (secondary N) is 1. The lowest BCUT2D eigenvalue weighted by molar-refractivity contribution is -0.115. The van der Waals surface area contributed by atoms with E-state index >= 15 is 0 Å². The highest BCUT2D eigenvalue weighted by Gasteiger charge is 2.10. The minimum absolute atomic E-state index is 0.0530. The summed E-state index contributed by atoms with van der Waals surface area (Å²) in [6.07, 6.45) is 0.275. The zero-order chi connectivity index (χ0) is 18.7. The fraction of sp³-hybridized carbons (Fsp3) is 0.238. The lowest BCUT2D eigenvalue weighted by atomic mass is 10.1. The van der Waals surface area contributed by atoms with Gasteiger partial charge in [-0.1, -0.05) is 29.8 Å². The van der Waals surface area contributed by atoms with Crippen LogP contribution >= 0.6 is 11.3 Å². The van der Waals surface area contributed by atoms with E-state index in [-0.39, 0.29) is 12.3 Å². The zero-order valence-electron chi connectivity index (χ0n) is 15.5. The lowest BCUT2D eigenvalue weighted by Crippen LogP contribution is -2.15. The molecule has 3 rings (SSSR count). The van der Waals surface area contributed by atoms with Gasteiger partial charge in [0.05, 0.1) is 12.1 Å². The van der Waals surface area contributed by atoms with E-state index in [4.69, 9.17) is 0 Å². The van der Waals surface area contributed by atoms with E-state index in [1.54, 1.807) is 11.3 Å². The van der Waals surface area contributed by atoms with E-state index < -0.39 is 0 Å². The second kappa shape index (κ2) is 7.70. The molecule has 1 amide bonds. The number of anilines is 2. The summed E-state index contributed by atoms with van der Waals surface area (Å²) in [5, 5.41) is 5.86. The Morgan fingerprint density at radius 3 is 2.50 bits per heavy atom. The maximum Gasteiger partial charge on any atom is 0.230 e. The smallest absolute Gasteiger partial charge is 0.230 e. The maximum absolute atomic E-state index is 12.3. The van der Waals surface area contributed by atoms with Crippen molar-refractivity contribution < 1.29 is 4.79 Å². The molecule has 0 saturated carbocycles. The molecule has 0 fully saturated rings. The molecular weight excluding hydrogens is 342 g/mol. The Hall–Kier alpha value is -2.66. The molecule has 0 aliphatic heterocycles. The minimum atomic E-state index is -0.0530. The van der Waals surface area contributed by atoms with Gasteiger partial charge in [-0.15, -0.1) is 11.3 Å². The molecule has 0 spiro atoms. The van der Waals surface area contributed by atoms with Gasteiger partial charge in [0.15, 0.2) is 0 Å². The van der Waals surface area contributed by atoms with Crippen LogP contribution in [0.2, 0.25) is 0 Å². The van der Waals surface area contributed by atoms with Crippen LogP contribution in [0.3, 0.4) is 0 Å². The van der Waals surface area contributed by atoms with Crippen molar-refractivity contribution in [1.29, 1.82) is 0 Å². The zero-order valence-corrected chi connectivity index (χ0v) is 16.4. The van der Waals surface area contributed by atoms with E-state index in [9.17, 15) is 4.79 Å². The molecule has 1 aromatic heterocycles. The van der Waals surface area contributed by atoms with Crippen molar-refractivity contribution in [1.82, 2.24) is 4.98 Å². The van der Waals surface area contributed by atoms with Crippen LogP contribution < -0.4 is 10.2 Å². The number of benzene rings is 2. The maximum atomic E-state index is 12.3. The Labute approximate surface area is 158 Å². The van der Waals surface area contributed by atoms with E-state index in [1.807, 2.05) is 44.6 Å². The van der Waals surface area contributed by atoms with Gasteiger partial charge in [0.1, 0.15) is 5.01 Å². The first-order valence-corrected chi connectivity index (χ1v) is 9.39. The van der Waals surface area contributed by atoms with Gasteiger partial charge in [0, 0.05) is 36.4 Å². The normalized spacial score (nSPS) is 10.6. The Kier molecular flexibility index (Phi) is 5.38. The average molecular weight is 366 g/mol. The molecule has 0 aliphatic rings. The molecule has 0 bridgehead atoms. The fourth-order valence-electron chi connectivity index (χ4n) is 2.82. The minimum Gasteiger partial charge on any atom is -0.377 e. The van der Waals surface area contributed by atoms with Crippen LogP contribution in [0.25, 0.3) is 10.6 Å². The van der Waals surface area contributed by atoms with Gasteiger partial charge >= 0.3 is 0 Å². The van der Waals surface area contributed by atoms with Crippen molar-refractivity contribution >= 4 is 28.6 Å². The summed E-state index contributed by atoms with van der Waals surface area (Å²) >= 11 is 1.57. The van der Waals surface area contributed by atoms with E-state index in [2.05, 4.69) is 46.4 Å². The topological polar surface area (TPSA) is 45.2 Å². The lowest BCUT2D eigenvalue weighted by Gasteiger charge is -2.16. The molecule has 0 atom stereocenters. The quantitative estimate of drug-likeness (QED) is 0.714. The van der Waals surface area contributed by atoms with Gasteiger partial charge in [0.2, 0.25) is 5.91 Å². The van der Waals surface area contributed by atoms with Crippen molar-refractivity contribution in [2.24, 2.45) is 0 Å². The highest BCUT2D eigenvalue weighted by molar-refractivity contribution is 7.13. The van der Waals surface area contributed by atoms with Crippen LogP contribution in [0.5, 0.6) is 0 Å². The van der Waals surface area contributed by atoms with E-state index in [0.29, 0.717) is 0 Å². The predicted octanol–water partition coefficient (Wildman–Crippen LogP) is 4.67. The standard InChI is InChI=1S/C21H23N3OS/c1-14-5-7-16(8-6-14)21-23-18(13-26-21)12-20(25)22-17-9-10-19(24(3)4)15(2)11-17/h5-11,13H,12H2,1-4H3,(H,22,25). The summed E-state index contributed by atoms with van der Waals surface area (Å²) in [5.74, 6) is -0.0530. The molecule has 0 radical (unpaired) electrons. The first kappa shape index (κ1) is 18.1. The van der Waals surface area contributed by atoms with Gasteiger partial charge in [-0.25, -0.2) is 4.98 Å². The van der Waals surface area contributed by atoms with Crippen LogP contribution in [-0.4, -0.2) is 25.0 Å². The van der Waals surface area contributed by atoms with Crippen LogP contribution in [0, 0.1) is 13.8 Å². The number of hydrogen-bond donors (Lipinski definition) is 1. The number of amides is 1. The molecule has 3 aromatic rings. The molecule has 5 heteroatoms. The highest BCUT2D eigenvalue weighted by Crippen LogP contribution is 2.25. The Balaban J connectivity index is 1.65. The van der Waals surface area contributed by atoms with Crippen molar-refractivity contribution in [3.8, 4) is 10.6 Å². The number of aryl methyl sites for hydroxylation is 2. The van der Waals surface area contributed by atoms with Gasteiger partial charge in [-0.3, -0.25) is 4.79 Å². The Morgan fingerprint density at radius 2 is 1.85 bits per heavy atom. The second-order valence-corrected chi connectivity index (χ2v) is 7.49. The molecule has 1 heterocycles. The number of thiazole rings is 1. The van der Waals surface area contributed by atoms with Gasteiger partial charge in [0.25, 0.3) is 0 Å². The Morgan fingerprint density at radius 1 is 1.12 bits per heavy atom. The molecule has 26 heavy (non-hydrogen) atoms. The van der Waals surface area contributed by atoms with Crippen LogP contribution in [-0.2, 0) is 11.2 Å². The van der Waals surface area contributed by atoms with Crippen molar-refractivity contribution in [3.63, 3.8) is 0 Å². The van der Waals surface area contributed by atoms with Crippen LogP contribution in [0.15, 0.2) is 47.8 Å². The molecule has 0 aliphatic carbocycles. The summed E-state index contributed by atoms with van der Waals surface area (Å²) in [6, 6.07) is 14.2. The SMILES string of the molecule is Cc1ccc(-c2nc(CC(=O)Nc3ccc(N(C)C)c(C)c3)cs2)cc1. The number of carbonyl (C=O) groups excluding carboxylic acids is 1. The summed E-state index contributed by atoms with van der Waals surface area (Å²) < 4.78 is 0. The van der Waals surface area contributed by atoms with Crippen molar-refractivity contribution in [2.75, 3.05) is 24.3 Å². The second-order valence-electron chi connectivity index (χ2n) is 6.63. The number of carbonyl (C=O) groups is 1. The molecule has 134 valence electrons. The summed E-state index contributed by atoms with van der Waals surface area (Å²) in [6.45, 7) is 4.10. The summed E-state index contributed by atoms with van der Waals surface area (Å²) in [7, 11) is 4.02. The largest absolute Gasteiger partial charge is 0.377 e. The predicted molar refractivity (Wildman–Crippen MR) is 110 cm³/mol. The first-order chi connectivity index (χ1) is 12.4. The highest BCUT2D eigenvalue weighted by atomic mass is 32.1. The molecule has 2 aromatic carbocycles. The summed E-state index contributed by atoms with van der Waals surface area (Å²) in [4.78, 5) is 19.0. The average Bonchev–Trinajstić information content (AvgIpc) is 3.03. The van der Waals surface area contributed by atoms with Gasteiger partial charge in [-0.05, 0) is 37.6 Å². The monoisotopic (exact) mass is 365 g/mol. The van der Waals surface area contributed by atoms with Gasteiger partial charge < -0.3 is 10.2 Å². The van der Waals surface area contributed by atoms with E-state index in [1.165, 1.54) is 5.56 Å². The third-order valence-electron chi connectivity index (χ3n) is 4.15. The summed E-state index contributed by atoms with van der Waals surface area (Å²) in [5.41, 5.74) is 6.19. The third-order valence-corrected chi connectivity index (χ3v) is 5.09. The van der Waals surface area contributed by atoms with Crippen LogP contribution in [0.4, 0.5) is 11.4 Å². The van der Waals surface area contributed by atoms with Crippen molar-refractivity contribution in [2.45, 2.75) is 20.3 Å². The number of hydrogen-bond acceptors (Lipinski definition) is 4. The number of rotatable bonds is 5. The van der Waals surface area contributed by atoms with E-state index in [0.717, 1.165) is 33.2 Å². The third kappa shape index (κ3) is 4.29. The molecule has 1 N–H and O–H groups in total. The number of nitrogens with zero attached hydrogens (tertiary/aromatic N) is 2. The fourth-order valence-corrected chi connectivity index (χ4v) is 3.65. The Bertz CT molecular complexity index is 913. The number of aromatic nitrogens is 1.